The number of rotatable bonds is 5. The Morgan fingerprint density at radius 2 is 2.08 bits per heavy atom. The molecule has 12 heavy (non-hydrogen) atoms. The van der Waals surface area contributed by atoms with Gasteiger partial charge in [0.05, 0.1) is 0 Å². The number of alkyl halides is 2. The summed E-state index contributed by atoms with van der Waals surface area (Å²) < 4.78 is 23.6. The molecular formula is C6H10F2NNaO2. The maximum atomic E-state index is 11.8. The molecule has 0 fully saturated rings. The van der Waals surface area contributed by atoms with Gasteiger partial charge in [-0.25, -0.2) is 14.7 Å². The first-order chi connectivity index (χ1) is 5.09. The fourth-order valence-electron chi connectivity index (χ4n) is 0.602. The monoisotopic (exact) mass is 189 g/mol. The fourth-order valence-corrected chi connectivity index (χ4v) is 0.602. The van der Waals surface area contributed by atoms with Crippen molar-refractivity contribution in [3.63, 3.8) is 0 Å². The molecule has 66 valence electrons. The first kappa shape index (κ1) is 14.7. The molecule has 0 radical (unpaired) electrons. The third kappa shape index (κ3) is 5.77. The van der Waals surface area contributed by atoms with Crippen molar-refractivity contribution in [1.29, 1.82) is 0 Å². The molecule has 0 spiro atoms. The number of aliphatic carboxylic acids is 1. The van der Waals surface area contributed by atoms with E-state index in [0.717, 1.165) is 0 Å². The van der Waals surface area contributed by atoms with Gasteiger partial charge >= 0.3 is 29.6 Å². The van der Waals surface area contributed by atoms with Gasteiger partial charge in [-0.3, -0.25) is 4.79 Å². The molecule has 0 saturated carbocycles. The molecule has 0 unspecified atom stereocenters. The number of carboxylic acid groups (broad SMARTS) is 1. The summed E-state index contributed by atoms with van der Waals surface area (Å²) in [5.41, 5.74) is 5.03. The summed E-state index contributed by atoms with van der Waals surface area (Å²) in [6.45, 7) is 0.226. The number of halogens is 2. The van der Waals surface area contributed by atoms with Gasteiger partial charge in [-0.2, -0.15) is 0 Å². The van der Waals surface area contributed by atoms with Crippen LogP contribution in [0.1, 0.15) is 12.8 Å². The van der Waals surface area contributed by atoms with Crippen LogP contribution >= 0.6 is 0 Å². The van der Waals surface area contributed by atoms with Crippen LogP contribution in [0.4, 0.5) is 8.78 Å². The summed E-state index contributed by atoms with van der Waals surface area (Å²) in [4.78, 5) is 10.1. The minimum atomic E-state index is -2.88. The summed E-state index contributed by atoms with van der Waals surface area (Å²) in [5, 5.41) is 8.21. The molecule has 6 heteroatoms. The van der Waals surface area contributed by atoms with Gasteiger partial charge in [0.2, 0.25) is 0 Å². The summed E-state index contributed by atoms with van der Waals surface area (Å²) >= 11 is 0. The van der Waals surface area contributed by atoms with Crippen LogP contribution in [0.2, 0.25) is 0 Å². The van der Waals surface area contributed by atoms with E-state index >= 15 is 0 Å². The molecule has 0 aromatic rings. The van der Waals surface area contributed by atoms with Crippen molar-refractivity contribution in [3.05, 3.63) is 5.92 Å². The summed E-state index contributed by atoms with van der Waals surface area (Å²) in [6.07, 6.45) is -2.73. The Balaban J connectivity index is 0. The van der Waals surface area contributed by atoms with Gasteiger partial charge in [0.1, 0.15) is 6.43 Å². The largest absolute Gasteiger partial charge is 1.00 e. The Bertz CT molecular complexity index is 135. The average Bonchev–Trinajstić information content (AvgIpc) is 1.87. The van der Waals surface area contributed by atoms with E-state index in [-0.39, 0.29) is 48.9 Å². The van der Waals surface area contributed by atoms with Gasteiger partial charge in [0.15, 0.2) is 5.97 Å². The SMILES string of the molecule is NCCC[C-](C(=O)O)C(F)F.[Na+]. The van der Waals surface area contributed by atoms with Gasteiger partial charge < -0.3 is 10.8 Å². The molecule has 0 aromatic heterocycles. The minimum Gasteiger partial charge on any atom is -0.503 e. The molecule has 3 N–H and O–H groups in total. The molecule has 0 atom stereocenters. The molecule has 0 aliphatic rings. The van der Waals surface area contributed by atoms with E-state index in [1.54, 1.807) is 0 Å². The Hall–Kier alpha value is 0.160. The number of carboxylic acids is 1. The van der Waals surface area contributed by atoms with Crippen LogP contribution in [0.5, 0.6) is 0 Å². The second kappa shape index (κ2) is 7.79. The zero-order valence-electron chi connectivity index (χ0n) is 6.89. The van der Waals surface area contributed by atoms with Gasteiger partial charge in [-0.15, -0.1) is 6.42 Å². The molecule has 0 aliphatic heterocycles. The third-order valence-corrected chi connectivity index (χ3v) is 1.19. The van der Waals surface area contributed by atoms with E-state index in [9.17, 15) is 13.6 Å². The van der Waals surface area contributed by atoms with Gasteiger partial charge in [0, 0.05) is 0 Å². The van der Waals surface area contributed by atoms with E-state index in [1.165, 1.54) is 0 Å². The Labute approximate surface area is 91.6 Å². The molecule has 0 bridgehead atoms. The zero-order chi connectivity index (χ0) is 8.85. The fraction of sp³-hybridized carbons (Fsp3) is 0.667. The van der Waals surface area contributed by atoms with Crippen molar-refractivity contribution < 1.29 is 48.2 Å². The van der Waals surface area contributed by atoms with Crippen LogP contribution < -0.4 is 35.3 Å². The maximum Gasteiger partial charge on any atom is 1.00 e. The van der Waals surface area contributed by atoms with E-state index in [0.29, 0.717) is 0 Å². The van der Waals surface area contributed by atoms with Crippen molar-refractivity contribution in [2.75, 3.05) is 6.54 Å². The predicted molar refractivity (Wildman–Crippen MR) is 35.2 cm³/mol. The van der Waals surface area contributed by atoms with Crippen molar-refractivity contribution in [2.45, 2.75) is 19.3 Å². The van der Waals surface area contributed by atoms with Gasteiger partial charge in [0.25, 0.3) is 0 Å². The van der Waals surface area contributed by atoms with Crippen LogP contribution in [-0.4, -0.2) is 24.0 Å². The van der Waals surface area contributed by atoms with Gasteiger partial charge in [-0.05, 0) is 6.54 Å². The van der Waals surface area contributed by atoms with E-state index in [1.807, 2.05) is 0 Å². The molecule has 3 nitrogen and oxygen atoms in total. The number of nitrogens with two attached hydrogens (primary N) is 1. The second-order valence-corrected chi connectivity index (χ2v) is 2.02. The van der Waals surface area contributed by atoms with Crippen molar-refractivity contribution >= 4 is 5.97 Å². The smallest absolute Gasteiger partial charge is 0.503 e. The van der Waals surface area contributed by atoms with Crippen molar-refractivity contribution in [2.24, 2.45) is 5.73 Å². The van der Waals surface area contributed by atoms with Crippen LogP contribution in [0.15, 0.2) is 0 Å². The van der Waals surface area contributed by atoms with Crippen molar-refractivity contribution in [3.8, 4) is 0 Å². The molecule has 0 rings (SSSR count). The Morgan fingerprint density at radius 3 is 2.33 bits per heavy atom. The zero-order valence-corrected chi connectivity index (χ0v) is 8.89. The van der Waals surface area contributed by atoms with E-state index in [2.05, 4.69) is 0 Å². The Morgan fingerprint density at radius 1 is 1.58 bits per heavy atom. The van der Waals surface area contributed by atoms with Crippen LogP contribution in [-0.2, 0) is 4.79 Å². The second-order valence-electron chi connectivity index (χ2n) is 2.02. The number of hydrogen-bond donors (Lipinski definition) is 2. The maximum absolute atomic E-state index is 11.8. The molecule has 0 aromatic carbocycles. The van der Waals surface area contributed by atoms with E-state index < -0.39 is 18.3 Å². The first-order valence-electron chi connectivity index (χ1n) is 3.16. The summed E-state index contributed by atoms with van der Waals surface area (Å²) in [7, 11) is 0. The first-order valence-corrected chi connectivity index (χ1v) is 3.16. The normalized spacial score (nSPS) is 9.33. The van der Waals surface area contributed by atoms with Crippen LogP contribution in [0.25, 0.3) is 0 Å². The predicted octanol–water partition coefficient (Wildman–Crippen LogP) is -2.35. The minimum absolute atomic E-state index is 0. The van der Waals surface area contributed by atoms with E-state index in [4.69, 9.17) is 10.8 Å². The molecular weight excluding hydrogens is 179 g/mol. The topological polar surface area (TPSA) is 63.3 Å². The number of hydrogen-bond acceptors (Lipinski definition) is 2. The standard InChI is InChI=1S/C6H10F2NO2.Na/c7-5(8)4(6(10)11)2-1-3-9;/h5H,1-3,9H2,(H,10,11);/q-1;+1. The Kier molecular flexibility index (Phi) is 9.53. The average molecular weight is 189 g/mol. The number of carbonyl (C=O) groups is 1. The van der Waals surface area contributed by atoms with Gasteiger partial charge in [-0.1, -0.05) is 6.42 Å². The molecule has 0 saturated heterocycles. The third-order valence-electron chi connectivity index (χ3n) is 1.19. The quantitative estimate of drug-likeness (QED) is 0.376. The molecule has 0 amide bonds. The van der Waals surface area contributed by atoms with Crippen LogP contribution in [0, 0.1) is 5.92 Å². The summed E-state index contributed by atoms with van der Waals surface area (Å²) in [5.74, 6) is -2.29. The molecule has 0 heterocycles. The summed E-state index contributed by atoms with van der Waals surface area (Å²) in [6, 6.07) is 0. The molecule has 0 aliphatic carbocycles. The van der Waals surface area contributed by atoms with Crippen molar-refractivity contribution in [1.82, 2.24) is 0 Å². The van der Waals surface area contributed by atoms with Crippen LogP contribution in [0.3, 0.4) is 0 Å².